The molecule has 36 heavy (non-hydrogen) atoms. The van der Waals surface area contributed by atoms with Gasteiger partial charge in [0.25, 0.3) is 0 Å². The maximum Gasteiger partial charge on any atom is 0.322 e. The molecule has 3 amide bonds. The summed E-state index contributed by atoms with van der Waals surface area (Å²) >= 11 is 1.67. The molecule has 1 aromatic heterocycles. The highest BCUT2D eigenvalue weighted by molar-refractivity contribution is 7.10. The van der Waals surface area contributed by atoms with Crippen molar-refractivity contribution >= 4 is 29.0 Å². The Morgan fingerprint density at radius 1 is 0.972 bits per heavy atom. The Hall–Kier alpha value is -3.32. The first kappa shape index (κ1) is 25.8. The van der Waals surface area contributed by atoms with E-state index in [0.29, 0.717) is 18.8 Å². The third-order valence-electron chi connectivity index (χ3n) is 6.79. The van der Waals surface area contributed by atoms with Crippen LogP contribution in [0.5, 0.6) is 5.75 Å². The van der Waals surface area contributed by atoms with Crippen LogP contribution in [0.3, 0.4) is 0 Å². The number of aryl methyl sites for hydroxylation is 1. The number of hydrogen-bond acceptors (Lipinski definition) is 4. The van der Waals surface area contributed by atoms with E-state index in [1.165, 1.54) is 16.9 Å². The number of amides is 3. The van der Waals surface area contributed by atoms with Crippen LogP contribution in [0.4, 0.5) is 10.5 Å². The number of rotatable bonds is 9. The van der Waals surface area contributed by atoms with Crippen LogP contribution in [0.15, 0.2) is 66.0 Å². The van der Waals surface area contributed by atoms with Gasteiger partial charge in [0.2, 0.25) is 5.91 Å². The number of ether oxygens (including phenoxy) is 1. The number of methoxy groups -OCH3 is 1. The summed E-state index contributed by atoms with van der Waals surface area (Å²) in [5.74, 6) is 0.690. The third-order valence-corrected chi connectivity index (χ3v) is 7.80. The van der Waals surface area contributed by atoms with E-state index in [1.54, 1.807) is 23.3 Å². The molecule has 0 unspecified atom stereocenters. The molecule has 0 radical (unpaired) electrons. The van der Waals surface area contributed by atoms with Gasteiger partial charge in [0, 0.05) is 23.2 Å². The Balaban J connectivity index is 1.53. The van der Waals surface area contributed by atoms with Crippen LogP contribution in [-0.4, -0.2) is 41.4 Å². The molecule has 0 bridgehead atoms. The van der Waals surface area contributed by atoms with Crippen molar-refractivity contribution in [3.63, 3.8) is 0 Å². The Morgan fingerprint density at radius 3 is 2.33 bits per heavy atom. The molecule has 4 rings (SSSR count). The van der Waals surface area contributed by atoms with E-state index in [4.69, 9.17) is 4.74 Å². The molecule has 0 saturated heterocycles. The smallest absolute Gasteiger partial charge is 0.322 e. The number of anilines is 1. The molecule has 1 N–H and O–H groups in total. The molecule has 0 spiro atoms. The topological polar surface area (TPSA) is 61.9 Å². The van der Waals surface area contributed by atoms with Gasteiger partial charge in [-0.3, -0.25) is 4.79 Å². The summed E-state index contributed by atoms with van der Waals surface area (Å²) in [6.45, 7) is 3.18. The van der Waals surface area contributed by atoms with Gasteiger partial charge in [0.15, 0.2) is 0 Å². The van der Waals surface area contributed by atoms with Crippen LogP contribution in [0, 0.1) is 6.92 Å². The van der Waals surface area contributed by atoms with Crippen LogP contribution >= 0.6 is 11.3 Å². The zero-order valence-electron chi connectivity index (χ0n) is 21.1. The normalized spacial score (nSPS) is 13.7. The highest BCUT2D eigenvalue weighted by atomic mass is 32.1. The van der Waals surface area contributed by atoms with E-state index in [0.717, 1.165) is 37.0 Å². The van der Waals surface area contributed by atoms with Gasteiger partial charge in [0.05, 0.1) is 13.7 Å². The molecule has 190 valence electrons. The van der Waals surface area contributed by atoms with Gasteiger partial charge in [-0.1, -0.05) is 49.6 Å². The lowest BCUT2D eigenvalue weighted by Gasteiger charge is -2.35. The first-order chi connectivity index (χ1) is 17.5. The average Bonchev–Trinajstić information content (AvgIpc) is 3.32. The number of hydrogen-bond donors (Lipinski definition) is 1. The predicted molar refractivity (Wildman–Crippen MR) is 145 cm³/mol. The Kier molecular flexibility index (Phi) is 9.01. The molecule has 7 heteroatoms. The fourth-order valence-corrected chi connectivity index (χ4v) is 5.57. The van der Waals surface area contributed by atoms with E-state index in [1.807, 2.05) is 59.5 Å². The lowest BCUT2D eigenvalue weighted by molar-refractivity contribution is -0.133. The van der Waals surface area contributed by atoms with Gasteiger partial charge < -0.3 is 19.9 Å². The summed E-state index contributed by atoms with van der Waals surface area (Å²) in [5.41, 5.74) is 2.95. The predicted octanol–water partition coefficient (Wildman–Crippen LogP) is 6.46. The number of thiophene rings is 1. The molecule has 1 aliphatic carbocycles. The Bertz CT molecular complexity index is 1120. The van der Waals surface area contributed by atoms with Crippen molar-refractivity contribution in [2.75, 3.05) is 19.0 Å². The van der Waals surface area contributed by atoms with Crippen molar-refractivity contribution in [3.05, 3.63) is 82.0 Å². The molecule has 0 atom stereocenters. The molecule has 1 saturated carbocycles. The largest absolute Gasteiger partial charge is 0.497 e. The maximum absolute atomic E-state index is 13.8. The number of nitrogens with one attached hydrogen (secondary N) is 1. The summed E-state index contributed by atoms with van der Waals surface area (Å²) in [5, 5.41) is 5.06. The Labute approximate surface area is 217 Å². The molecule has 6 nitrogen and oxygen atoms in total. The second kappa shape index (κ2) is 12.6. The van der Waals surface area contributed by atoms with Gasteiger partial charge in [-0.15, -0.1) is 11.3 Å². The van der Waals surface area contributed by atoms with Crippen LogP contribution in [0.1, 0.15) is 48.1 Å². The standard InChI is InChI=1S/C29H35N3O3S/c1-22-17-18-36-27(22)20-31(19-23-9-5-3-6-10-23)28(33)21-32(25-11-7-4-8-12-25)29(34)30-24-13-15-26(35-2)16-14-24/h3,5-6,9-10,13-18,25H,4,7-8,11-12,19-21H2,1-2H3,(H,30,34). The minimum absolute atomic E-state index is 0.0397. The summed E-state index contributed by atoms with van der Waals surface area (Å²) in [6.07, 6.45) is 5.18. The lowest BCUT2D eigenvalue weighted by Crippen LogP contribution is -2.49. The highest BCUT2D eigenvalue weighted by Crippen LogP contribution is 2.25. The van der Waals surface area contributed by atoms with E-state index >= 15 is 0 Å². The summed E-state index contributed by atoms with van der Waals surface area (Å²) < 4.78 is 5.22. The van der Waals surface area contributed by atoms with Crippen LogP contribution in [-0.2, 0) is 17.9 Å². The summed E-state index contributed by atoms with van der Waals surface area (Å²) in [7, 11) is 1.61. The molecular formula is C29H35N3O3S. The van der Waals surface area contributed by atoms with Gasteiger partial charge in [0.1, 0.15) is 12.3 Å². The van der Waals surface area contributed by atoms with Crippen molar-refractivity contribution in [1.29, 1.82) is 0 Å². The zero-order chi connectivity index (χ0) is 25.3. The van der Waals surface area contributed by atoms with Crippen molar-refractivity contribution in [2.24, 2.45) is 0 Å². The fraction of sp³-hybridized carbons (Fsp3) is 0.379. The van der Waals surface area contributed by atoms with Gasteiger partial charge in [-0.25, -0.2) is 4.79 Å². The van der Waals surface area contributed by atoms with E-state index in [9.17, 15) is 9.59 Å². The monoisotopic (exact) mass is 505 g/mol. The van der Waals surface area contributed by atoms with Gasteiger partial charge >= 0.3 is 6.03 Å². The second-order valence-electron chi connectivity index (χ2n) is 9.34. The average molecular weight is 506 g/mol. The Morgan fingerprint density at radius 2 is 1.69 bits per heavy atom. The SMILES string of the molecule is COc1ccc(NC(=O)N(CC(=O)N(Cc2ccccc2)Cc2sccc2C)C2CCCCC2)cc1. The van der Waals surface area contributed by atoms with E-state index in [-0.39, 0.29) is 24.5 Å². The molecule has 0 aliphatic heterocycles. The molecule has 1 fully saturated rings. The molecule has 1 aliphatic rings. The van der Waals surface area contributed by atoms with Gasteiger partial charge in [-0.2, -0.15) is 0 Å². The van der Waals surface area contributed by atoms with Crippen molar-refractivity contribution < 1.29 is 14.3 Å². The fourth-order valence-electron chi connectivity index (χ4n) is 4.65. The van der Waals surface area contributed by atoms with Crippen molar-refractivity contribution in [1.82, 2.24) is 9.80 Å². The van der Waals surface area contributed by atoms with E-state index < -0.39 is 0 Å². The molecule has 1 heterocycles. The van der Waals surface area contributed by atoms with Crippen LogP contribution < -0.4 is 10.1 Å². The van der Waals surface area contributed by atoms with Gasteiger partial charge in [-0.05, 0) is 66.6 Å². The number of benzene rings is 2. The van der Waals surface area contributed by atoms with Crippen LogP contribution in [0.25, 0.3) is 0 Å². The quantitative estimate of drug-likeness (QED) is 0.363. The van der Waals surface area contributed by atoms with Crippen molar-refractivity contribution in [2.45, 2.75) is 58.2 Å². The minimum atomic E-state index is -0.229. The molecule has 2 aromatic carbocycles. The first-order valence-corrected chi connectivity index (χ1v) is 13.5. The van der Waals surface area contributed by atoms with Crippen molar-refractivity contribution in [3.8, 4) is 5.75 Å². The summed E-state index contributed by atoms with van der Waals surface area (Å²) in [4.78, 5) is 32.0. The molecule has 3 aromatic rings. The number of carbonyl (C=O) groups excluding carboxylic acids is 2. The third kappa shape index (κ3) is 6.88. The second-order valence-corrected chi connectivity index (χ2v) is 10.3. The maximum atomic E-state index is 13.8. The number of carbonyl (C=O) groups is 2. The minimum Gasteiger partial charge on any atom is -0.497 e. The number of nitrogens with zero attached hydrogens (tertiary/aromatic N) is 2. The first-order valence-electron chi connectivity index (χ1n) is 12.6. The van der Waals surface area contributed by atoms with E-state index in [2.05, 4.69) is 23.7 Å². The highest BCUT2D eigenvalue weighted by Gasteiger charge is 2.29. The zero-order valence-corrected chi connectivity index (χ0v) is 21.9. The lowest BCUT2D eigenvalue weighted by atomic mass is 9.94. The summed E-state index contributed by atoms with van der Waals surface area (Å²) in [6, 6.07) is 19.2. The number of urea groups is 1. The van der Waals surface area contributed by atoms with Crippen LogP contribution in [0.2, 0.25) is 0 Å². The molecular weight excluding hydrogens is 470 g/mol.